The van der Waals surface area contributed by atoms with Crippen LogP contribution in [0.2, 0.25) is 0 Å². The Morgan fingerprint density at radius 1 is 1.03 bits per heavy atom. The number of imide groups is 2. The van der Waals surface area contributed by atoms with Gasteiger partial charge in [-0.3, -0.25) is 39.2 Å². The van der Waals surface area contributed by atoms with E-state index in [0.29, 0.717) is 42.9 Å². The van der Waals surface area contributed by atoms with Crippen molar-refractivity contribution >= 4 is 57.8 Å². The van der Waals surface area contributed by atoms with Gasteiger partial charge in [0.15, 0.2) is 5.01 Å². The number of hydrogen-bond acceptors (Lipinski definition) is 14. The maximum Gasteiger partial charge on any atom is 0.264 e. The third kappa shape index (κ3) is 7.02. The van der Waals surface area contributed by atoms with Crippen LogP contribution in [0.5, 0.6) is 0 Å². The van der Waals surface area contributed by atoms with Crippen molar-refractivity contribution in [3.63, 3.8) is 0 Å². The van der Waals surface area contributed by atoms with Gasteiger partial charge in [-0.1, -0.05) is 17.4 Å². The number of nitriles is 1. The highest BCUT2D eigenvalue weighted by atomic mass is 32.1. The molecule has 18 heteroatoms. The zero-order valence-electron chi connectivity index (χ0n) is 32.7. The van der Waals surface area contributed by atoms with Crippen LogP contribution in [-0.4, -0.2) is 97.6 Å². The van der Waals surface area contributed by atoms with Gasteiger partial charge in [-0.15, -0.1) is 10.2 Å². The summed E-state index contributed by atoms with van der Waals surface area (Å²) in [5, 5.41) is 30.2. The van der Waals surface area contributed by atoms with Crippen molar-refractivity contribution < 1.29 is 28.7 Å². The smallest absolute Gasteiger partial charge is 0.264 e. The van der Waals surface area contributed by atoms with Gasteiger partial charge in [-0.05, 0) is 81.3 Å². The van der Waals surface area contributed by atoms with Crippen LogP contribution in [0.15, 0.2) is 54.9 Å². The fourth-order valence-corrected chi connectivity index (χ4v) is 9.89. The summed E-state index contributed by atoms with van der Waals surface area (Å²) in [6.07, 6.45) is 7.63. The average molecular weight is 828 g/mol. The van der Waals surface area contributed by atoms with E-state index in [2.05, 4.69) is 36.9 Å². The zero-order valence-corrected chi connectivity index (χ0v) is 33.5. The molecule has 0 bridgehead atoms. The number of pyridine rings is 1. The van der Waals surface area contributed by atoms with Gasteiger partial charge in [0.25, 0.3) is 11.8 Å². The van der Waals surface area contributed by atoms with Gasteiger partial charge in [0, 0.05) is 49.8 Å². The van der Waals surface area contributed by atoms with Crippen molar-refractivity contribution in [2.75, 3.05) is 30.4 Å². The quantitative estimate of drug-likeness (QED) is 0.151. The van der Waals surface area contributed by atoms with Crippen LogP contribution in [0.1, 0.15) is 88.6 Å². The number of fused-ring (bicyclic) bond motifs is 2. The fraction of sp³-hybridized carbons (Fsp3) is 0.381. The first-order valence-corrected chi connectivity index (χ1v) is 20.9. The lowest BCUT2D eigenvalue weighted by Gasteiger charge is -2.39. The third-order valence-corrected chi connectivity index (χ3v) is 13.3. The van der Waals surface area contributed by atoms with Gasteiger partial charge in [-0.2, -0.15) is 10.4 Å². The molecule has 0 radical (unpaired) electrons. The Hall–Kier alpha value is -6.58. The second-order valence-corrected chi connectivity index (χ2v) is 16.6. The molecule has 4 aliphatic rings. The summed E-state index contributed by atoms with van der Waals surface area (Å²) in [6.45, 7) is 0.761. The van der Waals surface area contributed by atoms with Crippen LogP contribution in [0.4, 0.5) is 11.4 Å². The summed E-state index contributed by atoms with van der Waals surface area (Å²) in [6, 6.07) is 13.8. The number of piperidine rings is 1. The van der Waals surface area contributed by atoms with Crippen LogP contribution in [-0.2, 0) is 19.1 Å². The Kier molecular flexibility index (Phi) is 10.3. The van der Waals surface area contributed by atoms with Gasteiger partial charge >= 0.3 is 0 Å². The number of benzene rings is 1. The normalized spacial score (nSPS) is 22.6. The minimum Gasteiger partial charge on any atom is -0.387 e. The van der Waals surface area contributed by atoms with Gasteiger partial charge in [0.1, 0.15) is 17.1 Å². The maximum absolute atomic E-state index is 14.1. The largest absolute Gasteiger partial charge is 0.387 e. The molecule has 4 N–H and O–H groups in total. The Morgan fingerprint density at radius 3 is 2.60 bits per heavy atom. The van der Waals surface area contributed by atoms with Crippen molar-refractivity contribution in [3.05, 3.63) is 76.6 Å². The molecule has 1 atom stereocenters. The van der Waals surface area contributed by atoms with Gasteiger partial charge in [0.2, 0.25) is 17.7 Å². The summed E-state index contributed by atoms with van der Waals surface area (Å²) in [5.41, 5.74) is 11.0. The van der Waals surface area contributed by atoms with E-state index < -0.39 is 29.7 Å². The lowest BCUT2D eigenvalue weighted by molar-refractivity contribution is -0.136. The SMILES string of the molecule is CNc1cc(-c2ccc3cc(C#N)cnn23)ncc1-c1nnc(C2CCC(N(CCOC3CC(C(N)=O)C3)c3cccc4c3C(=O)N(C3CCC(=O)NC3=O)C4=O)CC2)s1. The summed E-state index contributed by atoms with van der Waals surface area (Å²) >= 11 is 1.54. The number of nitrogens with one attached hydrogen (secondary N) is 2. The summed E-state index contributed by atoms with van der Waals surface area (Å²) < 4.78 is 7.93. The number of ether oxygens (including phenoxy) is 1. The van der Waals surface area contributed by atoms with Crippen molar-refractivity contribution in [1.82, 2.24) is 35.0 Å². The number of primary amides is 1. The first-order chi connectivity index (χ1) is 29.1. The molecule has 1 saturated heterocycles. The number of aromatic nitrogens is 5. The van der Waals surface area contributed by atoms with E-state index >= 15 is 0 Å². The third-order valence-electron chi connectivity index (χ3n) is 12.2. The summed E-state index contributed by atoms with van der Waals surface area (Å²) in [5.74, 6) is -2.56. The molecule has 2 aliphatic carbocycles. The van der Waals surface area contributed by atoms with E-state index in [1.165, 1.54) is 17.5 Å². The van der Waals surface area contributed by atoms with Gasteiger partial charge in [0.05, 0.1) is 63.8 Å². The monoisotopic (exact) mass is 827 g/mol. The molecule has 5 amide bonds. The molecule has 3 fully saturated rings. The van der Waals surface area contributed by atoms with Crippen LogP contribution < -0.4 is 21.3 Å². The number of nitrogens with zero attached hydrogens (tertiary/aromatic N) is 8. The number of amides is 5. The molecule has 306 valence electrons. The molecule has 9 rings (SSSR count). The highest BCUT2D eigenvalue weighted by molar-refractivity contribution is 7.14. The van der Waals surface area contributed by atoms with E-state index in [0.717, 1.165) is 63.1 Å². The van der Waals surface area contributed by atoms with Crippen LogP contribution >= 0.6 is 11.3 Å². The molecule has 2 saturated carbocycles. The first kappa shape index (κ1) is 38.9. The Bertz CT molecular complexity index is 2600. The van der Waals surface area contributed by atoms with Gasteiger partial charge in [-0.25, -0.2) is 4.52 Å². The van der Waals surface area contributed by atoms with E-state index in [-0.39, 0.29) is 53.9 Å². The lowest BCUT2D eigenvalue weighted by Crippen LogP contribution is -2.54. The molecule has 17 nitrogen and oxygen atoms in total. The Balaban J connectivity index is 0.927. The second kappa shape index (κ2) is 15.9. The topological polar surface area (TPSA) is 231 Å². The molecule has 2 aliphatic heterocycles. The van der Waals surface area contributed by atoms with Crippen molar-refractivity contribution in [1.29, 1.82) is 5.26 Å². The number of nitrogens with two attached hydrogens (primary N) is 1. The van der Waals surface area contributed by atoms with E-state index in [9.17, 15) is 29.2 Å². The zero-order chi connectivity index (χ0) is 41.7. The Labute approximate surface area is 347 Å². The minimum atomic E-state index is -1.07. The number of carbonyl (C=O) groups is 5. The molecular weight excluding hydrogens is 787 g/mol. The molecule has 60 heavy (non-hydrogen) atoms. The molecule has 6 heterocycles. The highest BCUT2D eigenvalue weighted by Gasteiger charge is 2.47. The number of anilines is 2. The molecule has 1 aromatic carbocycles. The fourth-order valence-electron chi connectivity index (χ4n) is 8.86. The summed E-state index contributed by atoms with van der Waals surface area (Å²) in [4.78, 5) is 72.1. The van der Waals surface area contributed by atoms with Crippen LogP contribution in [0.25, 0.3) is 27.5 Å². The summed E-state index contributed by atoms with van der Waals surface area (Å²) in [7, 11) is 1.85. The predicted octanol–water partition coefficient (Wildman–Crippen LogP) is 4.04. The van der Waals surface area contributed by atoms with Crippen molar-refractivity contribution in [2.45, 2.75) is 75.5 Å². The van der Waals surface area contributed by atoms with E-state index in [4.69, 9.17) is 15.5 Å². The second-order valence-electron chi connectivity index (χ2n) is 15.6. The molecule has 0 spiro atoms. The van der Waals surface area contributed by atoms with E-state index in [1.54, 1.807) is 28.9 Å². The van der Waals surface area contributed by atoms with Crippen LogP contribution in [0, 0.1) is 17.2 Å². The van der Waals surface area contributed by atoms with Crippen molar-refractivity contribution in [3.8, 4) is 28.0 Å². The number of hydrogen-bond donors (Lipinski definition) is 3. The predicted molar refractivity (Wildman–Crippen MR) is 219 cm³/mol. The lowest BCUT2D eigenvalue weighted by atomic mass is 9.82. The molecule has 5 aromatic rings. The van der Waals surface area contributed by atoms with E-state index in [1.807, 2.05) is 31.3 Å². The van der Waals surface area contributed by atoms with Gasteiger partial charge < -0.3 is 20.7 Å². The minimum absolute atomic E-state index is 0.00481. The standard InChI is InChI=1S/C42H41N11O6S/c1-45-30-18-31(32-10-9-26-15-22(19-43)20-47-53(26)32)46-21-29(30)40-50-49-39(60-40)23-5-7-25(8-6-23)51(13-14-59-27-16-24(17-27)37(44)55)33-4-2-3-28-36(33)42(58)52(41(28)57)34-11-12-35(54)48-38(34)56/h2-4,9-10,15,18,20-21,23-25,27,34H,5-8,11-14,16-17H2,1H3,(H2,44,55)(H,45,46)(H,48,54,56). The molecular formula is C42H41N11O6S. The highest BCUT2D eigenvalue weighted by Crippen LogP contribution is 2.42. The number of rotatable bonds is 12. The molecule has 4 aromatic heterocycles. The van der Waals surface area contributed by atoms with Crippen molar-refractivity contribution in [2.24, 2.45) is 11.7 Å². The Morgan fingerprint density at radius 2 is 1.85 bits per heavy atom. The molecule has 1 unspecified atom stereocenters. The average Bonchev–Trinajstić information content (AvgIpc) is 3.96. The van der Waals surface area contributed by atoms with Crippen LogP contribution in [0.3, 0.4) is 0 Å². The number of carbonyl (C=O) groups excluding carboxylic acids is 5. The first-order valence-electron chi connectivity index (χ1n) is 20.0. The maximum atomic E-state index is 14.1.